The quantitative estimate of drug-likeness (QED) is 0.233. The number of nitrogens with zero attached hydrogens (tertiary/aromatic N) is 4. The van der Waals surface area contributed by atoms with E-state index in [-0.39, 0.29) is 12.4 Å². The Hall–Kier alpha value is -3.51. The van der Waals surface area contributed by atoms with Crippen LogP contribution in [-0.2, 0) is 0 Å². The molecule has 0 atom stereocenters. The molecular formula is C22H21ClF3N7OS. The number of nitrogens with one attached hydrogen (secondary N) is 3. The van der Waals surface area contributed by atoms with Gasteiger partial charge in [-0.25, -0.2) is 19.7 Å². The molecule has 0 aliphatic heterocycles. The predicted octanol–water partition coefficient (Wildman–Crippen LogP) is 5.33. The number of hydrogen-bond donors (Lipinski definition) is 3. The van der Waals surface area contributed by atoms with Crippen molar-refractivity contribution in [1.29, 1.82) is 0 Å². The lowest BCUT2D eigenvalue weighted by molar-refractivity contribution is -0.122. The summed E-state index contributed by atoms with van der Waals surface area (Å²) in [5, 5.41) is 7.88. The summed E-state index contributed by atoms with van der Waals surface area (Å²) in [7, 11) is 1.79. The molecule has 0 fully saturated rings. The van der Waals surface area contributed by atoms with Gasteiger partial charge in [0.2, 0.25) is 0 Å². The van der Waals surface area contributed by atoms with Crippen LogP contribution in [0.4, 0.5) is 29.5 Å². The van der Waals surface area contributed by atoms with Crippen molar-refractivity contribution >= 4 is 47.4 Å². The number of carbonyl (C=O) groups is 1. The number of imidazole rings is 1. The van der Waals surface area contributed by atoms with Crippen LogP contribution in [0.15, 0.2) is 60.0 Å². The van der Waals surface area contributed by atoms with Crippen molar-refractivity contribution in [2.45, 2.75) is 11.3 Å². The third-order valence-corrected chi connectivity index (χ3v) is 5.37. The van der Waals surface area contributed by atoms with E-state index in [0.717, 1.165) is 22.5 Å². The number of rotatable bonds is 6. The van der Waals surface area contributed by atoms with Crippen molar-refractivity contribution in [2.75, 3.05) is 30.5 Å². The van der Waals surface area contributed by atoms with Gasteiger partial charge in [-0.15, -0.1) is 12.4 Å². The second-order valence-corrected chi connectivity index (χ2v) is 7.94. The predicted molar refractivity (Wildman–Crippen MR) is 133 cm³/mol. The highest BCUT2D eigenvalue weighted by Crippen LogP contribution is 2.28. The Kier molecular flexibility index (Phi) is 8.07. The third-order valence-electron chi connectivity index (χ3n) is 4.82. The van der Waals surface area contributed by atoms with Crippen LogP contribution < -0.4 is 16.0 Å². The monoisotopic (exact) mass is 523 g/mol. The minimum atomic E-state index is -4.48. The number of amides is 2. The van der Waals surface area contributed by atoms with E-state index in [0.29, 0.717) is 22.3 Å². The van der Waals surface area contributed by atoms with Gasteiger partial charge in [0.05, 0.1) is 17.6 Å². The van der Waals surface area contributed by atoms with E-state index in [9.17, 15) is 18.0 Å². The van der Waals surface area contributed by atoms with Crippen molar-refractivity contribution in [1.82, 2.24) is 24.7 Å². The first-order valence-corrected chi connectivity index (χ1v) is 11.3. The molecule has 3 N–H and O–H groups in total. The van der Waals surface area contributed by atoms with Gasteiger partial charge in [-0.3, -0.25) is 4.40 Å². The molecular weight excluding hydrogens is 503 g/mol. The molecule has 184 valence electrons. The third kappa shape index (κ3) is 6.34. The van der Waals surface area contributed by atoms with E-state index in [1.54, 1.807) is 36.8 Å². The minimum Gasteiger partial charge on any atom is -0.373 e. The molecule has 0 saturated heterocycles. The number of urea groups is 1. The second-order valence-electron chi connectivity index (χ2n) is 7.17. The Morgan fingerprint density at radius 1 is 1.11 bits per heavy atom. The number of benzene rings is 1. The Bertz CT molecular complexity index is 1320. The maximum atomic E-state index is 12.3. The summed E-state index contributed by atoms with van der Waals surface area (Å²) in [5.74, 6) is 0.710. The highest BCUT2D eigenvalue weighted by Gasteiger charge is 2.27. The molecule has 0 saturated carbocycles. The number of hydrogen-bond acceptors (Lipinski definition) is 6. The number of anilines is 2. The smallest absolute Gasteiger partial charge is 0.373 e. The van der Waals surface area contributed by atoms with Crippen LogP contribution in [0.1, 0.15) is 0 Å². The van der Waals surface area contributed by atoms with E-state index >= 15 is 0 Å². The topological polar surface area (TPSA) is 96.2 Å². The summed E-state index contributed by atoms with van der Waals surface area (Å²) in [6.45, 7) is -1.41. The van der Waals surface area contributed by atoms with E-state index in [1.165, 1.54) is 11.8 Å². The molecule has 0 radical (unpaired) electrons. The first-order chi connectivity index (χ1) is 16.3. The van der Waals surface area contributed by atoms with Crippen LogP contribution in [-0.4, -0.2) is 51.4 Å². The lowest BCUT2D eigenvalue weighted by atomic mass is 10.1. The lowest BCUT2D eigenvalue weighted by Crippen LogP contribution is -2.36. The van der Waals surface area contributed by atoms with Crippen molar-refractivity contribution < 1.29 is 18.0 Å². The number of alkyl halides is 3. The van der Waals surface area contributed by atoms with Crippen molar-refractivity contribution in [3.63, 3.8) is 0 Å². The number of thioether (sulfide) groups is 1. The first kappa shape index (κ1) is 26.1. The SMILES string of the molecule is CNc1cc(-c2ccn3c(-c4cccc(NC(=O)NCC(F)(F)F)c4)cnc3c2)nc(SC)n1.Cl. The Morgan fingerprint density at radius 3 is 2.63 bits per heavy atom. The zero-order chi connectivity index (χ0) is 24.3. The van der Waals surface area contributed by atoms with Crippen molar-refractivity contribution in [3.05, 3.63) is 54.9 Å². The highest BCUT2D eigenvalue weighted by molar-refractivity contribution is 7.98. The van der Waals surface area contributed by atoms with Gasteiger partial charge in [0.15, 0.2) is 5.16 Å². The molecule has 2 amide bonds. The number of aromatic nitrogens is 4. The number of carbonyl (C=O) groups excluding carboxylic acids is 1. The van der Waals surface area contributed by atoms with E-state index in [2.05, 4.69) is 25.6 Å². The van der Waals surface area contributed by atoms with Gasteiger partial charge in [-0.2, -0.15) is 13.2 Å². The van der Waals surface area contributed by atoms with Crippen LogP contribution >= 0.6 is 24.2 Å². The highest BCUT2D eigenvalue weighted by atomic mass is 35.5. The van der Waals surface area contributed by atoms with Gasteiger partial charge in [-0.1, -0.05) is 23.9 Å². The fraction of sp³-hybridized carbons (Fsp3) is 0.182. The zero-order valence-electron chi connectivity index (χ0n) is 18.6. The van der Waals surface area contributed by atoms with Gasteiger partial charge in [0.25, 0.3) is 0 Å². The van der Waals surface area contributed by atoms with Crippen LogP contribution in [0.3, 0.4) is 0 Å². The van der Waals surface area contributed by atoms with Crippen molar-refractivity contribution in [3.8, 4) is 22.5 Å². The van der Waals surface area contributed by atoms with Crippen LogP contribution in [0.25, 0.3) is 28.2 Å². The van der Waals surface area contributed by atoms with Crippen LogP contribution in [0, 0.1) is 0 Å². The molecule has 3 heterocycles. The van der Waals surface area contributed by atoms with Gasteiger partial charge in [0.1, 0.15) is 18.0 Å². The summed E-state index contributed by atoms with van der Waals surface area (Å²) >= 11 is 1.45. The van der Waals surface area contributed by atoms with Crippen molar-refractivity contribution in [2.24, 2.45) is 0 Å². The molecule has 0 bridgehead atoms. The molecule has 0 aliphatic carbocycles. The van der Waals surface area contributed by atoms with Crippen LogP contribution in [0.5, 0.6) is 0 Å². The lowest BCUT2D eigenvalue weighted by Gasteiger charge is -2.11. The zero-order valence-corrected chi connectivity index (χ0v) is 20.2. The summed E-state index contributed by atoms with van der Waals surface area (Å²) in [4.78, 5) is 25.2. The summed E-state index contributed by atoms with van der Waals surface area (Å²) < 4.78 is 38.8. The number of halogens is 4. The summed E-state index contributed by atoms with van der Waals surface area (Å²) in [6, 6.07) is 11.5. The summed E-state index contributed by atoms with van der Waals surface area (Å²) in [6.07, 6.45) is 0.981. The largest absolute Gasteiger partial charge is 0.405 e. The van der Waals surface area contributed by atoms with E-state index in [4.69, 9.17) is 0 Å². The average molecular weight is 524 g/mol. The van der Waals surface area contributed by atoms with Gasteiger partial charge < -0.3 is 16.0 Å². The molecule has 0 spiro atoms. The first-order valence-electron chi connectivity index (χ1n) is 10.1. The molecule has 35 heavy (non-hydrogen) atoms. The average Bonchev–Trinajstić information content (AvgIpc) is 3.25. The van der Waals surface area contributed by atoms with Gasteiger partial charge in [0, 0.05) is 36.1 Å². The standard InChI is InChI=1S/C22H20F3N7OS.ClH/c1-26-18-10-16(30-21(31-18)34-2)13-6-7-32-17(11-27-19(32)9-13)14-4-3-5-15(8-14)29-20(33)28-12-22(23,24)25;/h3-11H,12H2,1-2H3,(H,26,30,31)(H2,28,29,33);1H. The van der Waals surface area contributed by atoms with Gasteiger partial charge >= 0.3 is 12.2 Å². The van der Waals surface area contributed by atoms with Crippen LogP contribution in [0.2, 0.25) is 0 Å². The van der Waals surface area contributed by atoms with Gasteiger partial charge in [-0.05, 0) is 30.5 Å². The molecule has 13 heteroatoms. The molecule has 3 aromatic heterocycles. The molecule has 4 rings (SSSR count). The molecule has 0 unspecified atom stereocenters. The Labute approximate surface area is 209 Å². The Balaban J connectivity index is 0.00000342. The van der Waals surface area contributed by atoms with E-state index < -0.39 is 18.8 Å². The molecule has 8 nitrogen and oxygen atoms in total. The van der Waals surface area contributed by atoms with E-state index in [1.807, 2.05) is 41.1 Å². The molecule has 0 aliphatic rings. The summed E-state index contributed by atoms with van der Waals surface area (Å²) in [5.41, 5.74) is 4.16. The molecule has 4 aromatic rings. The number of pyridine rings is 1. The minimum absolute atomic E-state index is 0. The normalized spacial score (nSPS) is 11.1. The second kappa shape index (κ2) is 10.8. The number of fused-ring (bicyclic) bond motifs is 1. The fourth-order valence-corrected chi connectivity index (χ4v) is 3.64. The fourth-order valence-electron chi connectivity index (χ4n) is 3.26. The maximum absolute atomic E-state index is 12.3. The maximum Gasteiger partial charge on any atom is 0.405 e. The Morgan fingerprint density at radius 2 is 1.91 bits per heavy atom. The molecule has 1 aromatic carbocycles.